The van der Waals surface area contributed by atoms with Crippen molar-refractivity contribution in [1.82, 2.24) is 14.3 Å². The molecule has 9 heteroatoms. The maximum Gasteiger partial charge on any atom is 0.259 e. The SMILES string of the molecule is Cn1cnc(S(=O)(=O)NCCOc2ccc3c(c2)[C@@H](Cc2ccccc2F)[C@@H](N)CC3)c1. The summed E-state index contributed by atoms with van der Waals surface area (Å²) in [6.07, 6.45) is 5.11. The van der Waals surface area contributed by atoms with Crippen molar-refractivity contribution in [2.75, 3.05) is 13.2 Å². The number of aryl methyl sites for hydroxylation is 2. The predicted octanol–water partition coefficient (Wildman–Crippen LogP) is 2.52. The molecular formula is C23H27FN4O3S. The second kappa shape index (κ2) is 9.40. The number of nitrogens with one attached hydrogen (secondary N) is 1. The van der Waals surface area contributed by atoms with Crippen molar-refractivity contribution in [3.63, 3.8) is 0 Å². The fraction of sp³-hybridized carbons (Fsp3) is 0.348. The van der Waals surface area contributed by atoms with Gasteiger partial charge in [-0.1, -0.05) is 24.3 Å². The van der Waals surface area contributed by atoms with Crippen molar-refractivity contribution in [1.29, 1.82) is 0 Å². The normalized spacial score (nSPS) is 18.3. The molecule has 0 aliphatic heterocycles. The molecule has 0 radical (unpaired) electrons. The Hall–Kier alpha value is -2.75. The molecule has 7 nitrogen and oxygen atoms in total. The van der Waals surface area contributed by atoms with Crippen LogP contribution in [-0.4, -0.2) is 37.2 Å². The van der Waals surface area contributed by atoms with Gasteiger partial charge in [0.05, 0.1) is 6.33 Å². The van der Waals surface area contributed by atoms with Gasteiger partial charge in [-0.25, -0.2) is 22.5 Å². The molecule has 3 aromatic rings. The van der Waals surface area contributed by atoms with Gasteiger partial charge in [-0.2, -0.15) is 0 Å². The Morgan fingerprint density at radius 1 is 1.28 bits per heavy atom. The highest BCUT2D eigenvalue weighted by Crippen LogP contribution is 2.36. The van der Waals surface area contributed by atoms with Crippen LogP contribution in [0.4, 0.5) is 4.39 Å². The minimum absolute atomic E-state index is 0.0122. The van der Waals surface area contributed by atoms with Crippen LogP contribution in [0.25, 0.3) is 0 Å². The van der Waals surface area contributed by atoms with Gasteiger partial charge < -0.3 is 15.0 Å². The summed E-state index contributed by atoms with van der Waals surface area (Å²) in [5.74, 6) is 0.398. The summed E-state index contributed by atoms with van der Waals surface area (Å²) < 4.78 is 48.6. The Morgan fingerprint density at radius 2 is 2.09 bits per heavy atom. The molecule has 2 atom stereocenters. The van der Waals surface area contributed by atoms with Crippen LogP contribution in [0.3, 0.4) is 0 Å². The molecule has 32 heavy (non-hydrogen) atoms. The molecular weight excluding hydrogens is 431 g/mol. The van der Waals surface area contributed by atoms with E-state index in [0.29, 0.717) is 17.7 Å². The van der Waals surface area contributed by atoms with E-state index in [2.05, 4.69) is 9.71 Å². The molecule has 170 valence electrons. The molecule has 2 aromatic carbocycles. The number of nitrogens with zero attached hydrogens (tertiary/aromatic N) is 2. The minimum Gasteiger partial charge on any atom is -0.492 e. The lowest BCUT2D eigenvalue weighted by Gasteiger charge is -2.32. The quantitative estimate of drug-likeness (QED) is 0.506. The molecule has 3 N–H and O–H groups in total. The summed E-state index contributed by atoms with van der Waals surface area (Å²) in [6, 6.07) is 12.6. The molecule has 1 aliphatic rings. The second-order valence-electron chi connectivity index (χ2n) is 8.09. The molecule has 0 fully saturated rings. The Morgan fingerprint density at radius 3 is 2.84 bits per heavy atom. The Labute approximate surface area is 187 Å². The average Bonchev–Trinajstić information content (AvgIpc) is 3.22. The van der Waals surface area contributed by atoms with Gasteiger partial charge in [0.2, 0.25) is 0 Å². The minimum atomic E-state index is -3.68. The molecule has 0 bridgehead atoms. The van der Waals surface area contributed by atoms with Gasteiger partial charge in [0, 0.05) is 31.7 Å². The number of ether oxygens (including phenoxy) is 1. The predicted molar refractivity (Wildman–Crippen MR) is 119 cm³/mol. The first-order chi connectivity index (χ1) is 15.3. The lowest BCUT2D eigenvalue weighted by atomic mass is 9.76. The molecule has 1 aliphatic carbocycles. The fourth-order valence-electron chi connectivity index (χ4n) is 4.10. The summed E-state index contributed by atoms with van der Waals surface area (Å²) in [6.45, 7) is 0.267. The summed E-state index contributed by atoms with van der Waals surface area (Å²) in [4.78, 5) is 3.86. The number of hydrogen-bond donors (Lipinski definition) is 2. The standard InChI is InChI=1S/C23H27FN4O3S/c1-28-14-23(26-15-28)32(29,30)27-10-11-31-18-8-6-16-7-9-22(25)20(19(16)13-18)12-17-4-2-3-5-21(17)24/h2-6,8,13-15,20,22,27H,7,9-12,25H2,1H3/t20-,22+/m1/s1. The van der Waals surface area contributed by atoms with Gasteiger partial charge in [0.25, 0.3) is 10.0 Å². The first-order valence-corrected chi connectivity index (χ1v) is 12.0. The maximum atomic E-state index is 14.2. The van der Waals surface area contributed by atoms with Crippen LogP contribution in [0.5, 0.6) is 5.75 Å². The molecule has 0 amide bonds. The third-order valence-corrected chi connectivity index (χ3v) is 7.14. The van der Waals surface area contributed by atoms with Gasteiger partial charge in [-0.05, 0) is 54.2 Å². The van der Waals surface area contributed by atoms with E-state index in [1.807, 2.05) is 24.3 Å². The number of imidazole rings is 1. The summed E-state index contributed by atoms with van der Waals surface area (Å²) in [5.41, 5.74) is 9.33. The number of benzene rings is 2. The van der Waals surface area contributed by atoms with E-state index in [-0.39, 0.29) is 36.0 Å². The largest absolute Gasteiger partial charge is 0.492 e. The zero-order valence-corrected chi connectivity index (χ0v) is 18.7. The van der Waals surface area contributed by atoms with Crippen LogP contribution in [0.1, 0.15) is 29.0 Å². The van der Waals surface area contributed by atoms with E-state index in [0.717, 1.165) is 18.4 Å². The first-order valence-electron chi connectivity index (χ1n) is 10.6. The van der Waals surface area contributed by atoms with E-state index in [9.17, 15) is 12.8 Å². The molecule has 4 rings (SSSR count). The van der Waals surface area contributed by atoms with E-state index in [4.69, 9.17) is 10.5 Å². The number of aromatic nitrogens is 2. The van der Waals surface area contributed by atoms with E-state index >= 15 is 0 Å². The van der Waals surface area contributed by atoms with E-state index < -0.39 is 10.0 Å². The highest BCUT2D eigenvalue weighted by molar-refractivity contribution is 7.89. The fourth-order valence-corrected chi connectivity index (χ4v) is 5.09. The topological polar surface area (TPSA) is 99.2 Å². The lowest BCUT2D eigenvalue weighted by molar-refractivity contribution is 0.321. The number of hydrogen-bond acceptors (Lipinski definition) is 5. The van der Waals surface area contributed by atoms with Crippen molar-refractivity contribution >= 4 is 10.0 Å². The average molecular weight is 459 g/mol. The number of nitrogens with two attached hydrogens (primary N) is 1. The van der Waals surface area contributed by atoms with Crippen molar-refractivity contribution in [2.24, 2.45) is 12.8 Å². The zero-order valence-electron chi connectivity index (χ0n) is 17.9. The van der Waals surface area contributed by atoms with Crippen molar-refractivity contribution in [3.8, 4) is 5.75 Å². The number of sulfonamides is 1. The van der Waals surface area contributed by atoms with Gasteiger partial charge in [-0.15, -0.1) is 0 Å². The highest BCUT2D eigenvalue weighted by atomic mass is 32.2. The highest BCUT2D eigenvalue weighted by Gasteiger charge is 2.28. The van der Waals surface area contributed by atoms with Crippen LogP contribution in [0, 0.1) is 5.82 Å². The van der Waals surface area contributed by atoms with Crippen LogP contribution >= 0.6 is 0 Å². The molecule has 1 heterocycles. The molecule has 0 unspecified atom stereocenters. The van der Waals surface area contributed by atoms with Crippen LogP contribution in [0.2, 0.25) is 0 Å². The number of rotatable bonds is 8. The monoisotopic (exact) mass is 458 g/mol. The van der Waals surface area contributed by atoms with Gasteiger partial charge >= 0.3 is 0 Å². The van der Waals surface area contributed by atoms with Crippen LogP contribution in [0.15, 0.2) is 60.0 Å². The van der Waals surface area contributed by atoms with Crippen LogP contribution < -0.4 is 15.2 Å². The maximum absolute atomic E-state index is 14.2. The third-order valence-electron chi connectivity index (χ3n) is 5.80. The van der Waals surface area contributed by atoms with Crippen molar-refractivity contribution in [2.45, 2.75) is 36.2 Å². The third kappa shape index (κ3) is 5.01. The first kappa shape index (κ1) is 22.4. The molecule has 0 saturated carbocycles. The van der Waals surface area contributed by atoms with Gasteiger partial charge in [0.1, 0.15) is 18.2 Å². The number of fused-ring (bicyclic) bond motifs is 1. The van der Waals surface area contributed by atoms with E-state index in [1.54, 1.807) is 23.7 Å². The Balaban J connectivity index is 1.42. The van der Waals surface area contributed by atoms with E-state index in [1.165, 1.54) is 24.2 Å². The summed E-state index contributed by atoms with van der Waals surface area (Å²) in [5, 5.41) is -0.0289. The summed E-state index contributed by atoms with van der Waals surface area (Å²) >= 11 is 0. The second-order valence-corrected chi connectivity index (χ2v) is 9.80. The van der Waals surface area contributed by atoms with Gasteiger partial charge in [0.15, 0.2) is 5.03 Å². The number of halogens is 1. The Kier molecular flexibility index (Phi) is 6.59. The van der Waals surface area contributed by atoms with Crippen molar-refractivity contribution < 1.29 is 17.5 Å². The lowest BCUT2D eigenvalue weighted by Crippen LogP contribution is -2.34. The van der Waals surface area contributed by atoms with Crippen molar-refractivity contribution in [3.05, 3.63) is 77.5 Å². The van der Waals surface area contributed by atoms with Gasteiger partial charge in [-0.3, -0.25) is 0 Å². The Bertz CT molecular complexity index is 1200. The zero-order chi connectivity index (χ0) is 22.7. The molecule has 1 aromatic heterocycles. The summed E-state index contributed by atoms with van der Waals surface area (Å²) in [7, 11) is -1.97. The smallest absolute Gasteiger partial charge is 0.259 e. The molecule has 0 spiro atoms. The molecule has 0 saturated heterocycles. The van der Waals surface area contributed by atoms with Crippen LogP contribution in [-0.2, 0) is 29.9 Å².